The van der Waals surface area contributed by atoms with Gasteiger partial charge in [-0.15, -0.1) is 0 Å². The highest BCUT2D eigenvalue weighted by molar-refractivity contribution is 5.77. The molecule has 23 heavy (non-hydrogen) atoms. The van der Waals surface area contributed by atoms with Gasteiger partial charge >= 0.3 is 0 Å². The Morgan fingerprint density at radius 2 is 1.96 bits per heavy atom. The van der Waals surface area contributed by atoms with Crippen molar-refractivity contribution in [2.75, 3.05) is 0 Å². The van der Waals surface area contributed by atoms with E-state index in [1.54, 1.807) is 42.4 Å². The normalized spacial score (nSPS) is 11.0. The van der Waals surface area contributed by atoms with Gasteiger partial charge in [0.2, 0.25) is 0 Å². The van der Waals surface area contributed by atoms with Crippen LogP contribution in [0.4, 0.5) is 0 Å². The molecule has 0 fully saturated rings. The van der Waals surface area contributed by atoms with Crippen LogP contribution in [-0.4, -0.2) is 24.1 Å². The first-order valence-corrected chi connectivity index (χ1v) is 7.14. The highest BCUT2D eigenvalue weighted by atomic mass is 16.1. The van der Waals surface area contributed by atoms with Crippen LogP contribution in [0.2, 0.25) is 0 Å². The van der Waals surface area contributed by atoms with Gasteiger partial charge in [-0.25, -0.2) is 9.50 Å². The van der Waals surface area contributed by atoms with Crippen LogP contribution < -0.4 is 5.56 Å². The van der Waals surface area contributed by atoms with E-state index in [1.807, 2.05) is 30.5 Å². The van der Waals surface area contributed by atoms with Crippen molar-refractivity contribution in [1.29, 1.82) is 0 Å². The van der Waals surface area contributed by atoms with Crippen LogP contribution in [0.5, 0.6) is 0 Å². The Bertz CT molecular complexity index is 1050. The molecule has 4 aromatic rings. The summed E-state index contributed by atoms with van der Waals surface area (Å²) in [7, 11) is 1.72. The van der Waals surface area contributed by atoms with Gasteiger partial charge in [-0.05, 0) is 18.2 Å². The molecule has 0 amide bonds. The molecule has 6 nitrogen and oxygen atoms in total. The summed E-state index contributed by atoms with van der Waals surface area (Å²) < 4.78 is 3.24. The van der Waals surface area contributed by atoms with Gasteiger partial charge in [-0.3, -0.25) is 9.78 Å². The minimum absolute atomic E-state index is 0.0647. The van der Waals surface area contributed by atoms with Crippen molar-refractivity contribution in [2.24, 2.45) is 7.05 Å². The quantitative estimate of drug-likeness (QED) is 0.569. The van der Waals surface area contributed by atoms with Gasteiger partial charge < -0.3 is 4.57 Å². The number of aromatic nitrogens is 5. The molecule has 0 radical (unpaired) electrons. The maximum atomic E-state index is 11.8. The molecular weight excluding hydrogens is 290 g/mol. The molecule has 0 N–H and O–H groups in total. The van der Waals surface area contributed by atoms with Crippen molar-refractivity contribution in [3.8, 4) is 22.4 Å². The highest BCUT2D eigenvalue weighted by Crippen LogP contribution is 2.24. The van der Waals surface area contributed by atoms with E-state index in [-0.39, 0.29) is 5.56 Å². The Kier molecular flexibility index (Phi) is 3.01. The first-order chi connectivity index (χ1) is 11.2. The minimum atomic E-state index is -0.0647. The third-order valence-corrected chi connectivity index (χ3v) is 3.74. The third kappa shape index (κ3) is 2.30. The van der Waals surface area contributed by atoms with E-state index >= 15 is 0 Å². The Labute approximate surface area is 131 Å². The molecule has 0 aliphatic heterocycles. The Morgan fingerprint density at radius 1 is 1.04 bits per heavy atom. The van der Waals surface area contributed by atoms with Crippen molar-refractivity contribution >= 4 is 5.65 Å². The molecule has 4 aromatic heterocycles. The lowest BCUT2D eigenvalue weighted by Crippen LogP contribution is -2.14. The first kappa shape index (κ1) is 13.4. The number of nitrogens with zero attached hydrogens (tertiary/aromatic N) is 5. The lowest BCUT2D eigenvalue weighted by atomic mass is 10.1. The standard InChI is InChI=1S/C17H13N5O/c1-21-7-4-12(9-16(21)23)15-5-8-22-17(20-15)14(11-19-22)13-3-2-6-18-10-13/h2-11H,1H3. The molecule has 0 saturated carbocycles. The van der Waals surface area contributed by atoms with E-state index in [9.17, 15) is 4.79 Å². The Balaban J connectivity index is 1.90. The van der Waals surface area contributed by atoms with E-state index in [0.29, 0.717) is 0 Å². The predicted octanol–water partition coefficient (Wildman–Crippen LogP) is 2.16. The summed E-state index contributed by atoms with van der Waals surface area (Å²) in [6.45, 7) is 0. The fourth-order valence-electron chi connectivity index (χ4n) is 2.46. The lowest BCUT2D eigenvalue weighted by molar-refractivity contribution is 0.860. The maximum Gasteiger partial charge on any atom is 0.250 e. The molecule has 0 aliphatic carbocycles. The summed E-state index contributed by atoms with van der Waals surface area (Å²) in [6.07, 6.45) is 8.86. The monoisotopic (exact) mass is 303 g/mol. The number of pyridine rings is 2. The zero-order valence-corrected chi connectivity index (χ0v) is 12.4. The molecule has 0 atom stereocenters. The molecular formula is C17H13N5O. The molecule has 0 spiro atoms. The van der Waals surface area contributed by atoms with E-state index < -0.39 is 0 Å². The van der Waals surface area contributed by atoms with Crippen LogP contribution in [0.3, 0.4) is 0 Å². The van der Waals surface area contributed by atoms with Crippen molar-refractivity contribution in [1.82, 2.24) is 24.1 Å². The van der Waals surface area contributed by atoms with Crippen LogP contribution >= 0.6 is 0 Å². The van der Waals surface area contributed by atoms with Gasteiger partial charge in [-0.1, -0.05) is 6.07 Å². The average molecular weight is 303 g/mol. The van der Waals surface area contributed by atoms with Crippen LogP contribution in [0, 0.1) is 0 Å². The van der Waals surface area contributed by atoms with E-state index in [4.69, 9.17) is 0 Å². The van der Waals surface area contributed by atoms with Gasteiger partial charge in [-0.2, -0.15) is 5.10 Å². The molecule has 0 bridgehead atoms. The van der Waals surface area contributed by atoms with Gasteiger partial charge in [0.1, 0.15) is 0 Å². The summed E-state index contributed by atoms with van der Waals surface area (Å²) in [5, 5.41) is 4.32. The molecule has 0 aromatic carbocycles. The van der Waals surface area contributed by atoms with Gasteiger partial charge in [0.05, 0.1) is 11.9 Å². The fraction of sp³-hybridized carbons (Fsp3) is 0.0588. The van der Waals surface area contributed by atoms with Crippen molar-refractivity contribution in [2.45, 2.75) is 0 Å². The summed E-state index contributed by atoms with van der Waals surface area (Å²) in [4.78, 5) is 20.6. The predicted molar refractivity (Wildman–Crippen MR) is 86.9 cm³/mol. The number of hydrogen-bond acceptors (Lipinski definition) is 4. The minimum Gasteiger partial charge on any atom is -0.319 e. The number of fused-ring (bicyclic) bond motifs is 1. The lowest BCUT2D eigenvalue weighted by Gasteiger charge is -2.04. The molecule has 4 rings (SSSR count). The Hall–Kier alpha value is -3.28. The number of aryl methyl sites for hydroxylation is 1. The summed E-state index contributed by atoms with van der Waals surface area (Å²) in [5.41, 5.74) is 4.05. The number of rotatable bonds is 2. The summed E-state index contributed by atoms with van der Waals surface area (Å²) in [5.74, 6) is 0. The topological polar surface area (TPSA) is 65.1 Å². The second-order valence-electron chi connectivity index (χ2n) is 5.25. The second kappa shape index (κ2) is 5.17. The van der Waals surface area contributed by atoms with Crippen LogP contribution in [0.1, 0.15) is 0 Å². The van der Waals surface area contributed by atoms with Crippen molar-refractivity contribution in [3.05, 3.63) is 71.7 Å². The zero-order valence-electron chi connectivity index (χ0n) is 12.4. The van der Waals surface area contributed by atoms with Gasteiger partial charge in [0.25, 0.3) is 5.56 Å². The highest BCUT2D eigenvalue weighted by Gasteiger charge is 2.10. The Morgan fingerprint density at radius 3 is 2.74 bits per heavy atom. The van der Waals surface area contributed by atoms with Crippen LogP contribution in [0.25, 0.3) is 28.0 Å². The van der Waals surface area contributed by atoms with Crippen molar-refractivity contribution in [3.63, 3.8) is 0 Å². The molecule has 6 heteroatoms. The van der Waals surface area contributed by atoms with Crippen LogP contribution in [0.15, 0.2) is 66.1 Å². The molecule has 112 valence electrons. The van der Waals surface area contributed by atoms with E-state index in [2.05, 4.69) is 15.1 Å². The molecule has 4 heterocycles. The fourth-order valence-corrected chi connectivity index (χ4v) is 2.46. The number of hydrogen-bond donors (Lipinski definition) is 0. The molecule has 0 aliphatic rings. The maximum absolute atomic E-state index is 11.8. The van der Waals surface area contributed by atoms with Crippen molar-refractivity contribution < 1.29 is 0 Å². The van der Waals surface area contributed by atoms with Gasteiger partial charge in [0.15, 0.2) is 5.65 Å². The molecule has 0 saturated heterocycles. The van der Waals surface area contributed by atoms with Crippen LogP contribution in [-0.2, 0) is 7.05 Å². The smallest absolute Gasteiger partial charge is 0.250 e. The third-order valence-electron chi connectivity index (χ3n) is 3.74. The average Bonchev–Trinajstić information content (AvgIpc) is 3.01. The molecule has 0 unspecified atom stereocenters. The summed E-state index contributed by atoms with van der Waals surface area (Å²) >= 11 is 0. The SMILES string of the molecule is Cn1ccc(-c2ccn3ncc(-c4cccnc4)c3n2)cc1=O. The summed E-state index contributed by atoms with van der Waals surface area (Å²) in [6, 6.07) is 9.15. The first-order valence-electron chi connectivity index (χ1n) is 7.14. The van der Waals surface area contributed by atoms with E-state index in [0.717, 1.165) is 28.0 Å². The second-order valence-corrected chi connectivity index (χ2v) is 5.25. The largest absolute Gasteiger partial charge is 0.319 e. The van der Waals surface area contributed by atoms with Gasteiger partial charge in [0, 0.05) is 54.6 Å². The van der Waals surface area contributed by atoms with E-state index in [1.165, 1.54) is 4.57 Å². The zero-order chi connectivity index (χ0) is 15.8.